The van der Waals surface area contributed by atoms with Gasteiger partial charge >= 0.3 is 12.1 Å². The molecular formula is C26H32F3N3O5. The summed E-state index contributed by atoms with van der Waals surface area (Å²) in [5, 5.41) is 7.79. The minimum absolute atomic E-state index is 0.0204. The quantitative estimate of drug-likeness (QED) is 0.551. The van der Waals surface area contributed by atoms with Gasteiger partial charge < -0.3 is 19.5 Å². The molecule has 202 valence electrons. The van der Waals surface area contributed by atoms with Crippen LogP contribution in [0.15, 0.2) is 18.2 Å². The van der Waals surface area contributed by atoms with E-state index in [0.717, 1.165) is 43.5 Å². The Morgan fingerprint density at radius 3 is 2.68 bits per heavy atom. The van der Waals surface area contributed by atoms with Crippen LogP contribution in [0.2, 0.25) is 0 Å². The number of alkyl halides is 3. The summed E-state index contributed by atoms with van der Waals surface area (Å²) in [6.07, 6.45) is -1.70. The maximum Gasteiger partial charge on any atom is 0.419 e. The number of hydrogen-bond donors (Lipinski definition) is 1. The van der Waals surface area contributed by atoms with Crippen molar-refractivity contribution in [2.45, 2.75) is 52.3 Å². The Labute approximate surface area is 213 Å². The predicted octanol–water partition coefficient (Wildman–Crippen LogP) is 4.05. The number of carbonyl (C=O) groups excluding carboxylic acids is 2. The molecule has 1 aromatic carbocycles. The molecule has 37 heavy (non-hydrogen) atoms. The largest absolute Gasteiger partial charge is 0.496 e. The van der Waals surface area contributed by atoms with Gasteiger partial charge in [-0.2, -0.15) is 18.3 Å². The number of fused-ring (bicyclic) bond motifs is 1. The summed E-state index contributed by atoms with van der Waals surface area (Å²) in [5.74, 6) is -1.54. The van der Waals surface area contributed by atoms with Crippen LogP contribution in [-0.4, -0.2) is 55.1 Å². The SMILES string of the molecule is CCc1nn(C[C@@H](C)COC(=O)c2ccc(OC)c(C(F)(F)F)c2)c2c1C(=O)NCC1(CCOCC1)C2. The molecule has 4 rings (SSSR count). The van der Waals surface area contributed by atoms with Gasteiger partial charge in [-0.15, -0.1) is 0 Å². The summed E-state index contributed by atoms with van der Waals surface area (Å²) >= 11 is 0. The molecule has 1 saturated heterocycles. The zero-order chi connectivity index (χ0) is 26.8. The molecule has 11 heteroatoms. The Bertz CT molecular complexity index is 1160. The number of carbonyl (C=O) groups is 2. The third-order valence-electron chi connectivity index (χ3n) is 7.14. The van der Waals surface area contributed by atoms with Crippen LogP contribution in [0.25, 0.3) is 0 Å². The topological polar surface area (TPSA) is 91.7 Å². The second-order valence-corrected chi connectivity index (χ2v) is 9.89. The first kappa shape index (κ1) is 27.0. The van der Waals surface area contributed by atoms with Crippen LogP contribution in [-0.2, 0) is 35.0 Å². The van der Waals surface area contributed by atoms with E-state index >= 15 is 0 Å². The van der Waals surface area contributed by atoms with Crippen molar-refractivity contribution in [2.24, 2.45) is 11.3 Å². The Morgan fingerprint density at radius 2 is 2.03 bits per heavy atom. The number of rotatable bonds is 7. The molecule has 3 heterocycles. The lowest BCUT2D eigenvalue weighted by Crippen LogP contribution is -2.41. The zero-order valence-corrected chi connectivity index (χ0v) is 21.2. The van der Waals surface area contributed by atoms with Crippen LogP contribution >= 0.6 is 0 Å². The Morgan fingerprint density at radius 1 is 1.30 bits per heavy atom. The number of ether oxygens (including phenoxy) is 3. The highest BCUT2D eigenvalue weighted by molar-refractivity contribution is 5.97. The van der Waals surface area contributed by atoms with Crippen molar-refractivity contribution in [1.29, 1.82) is 0 Å². The van der Waals surface area contributed by atoms with Crippen molar-refractivity contribution in [3.05, 3.63) is 46.3 Å². The zero-order valence-electron chi connectivity index (χ0n) is 21.2. The molecule has 1 N–H and O–H groups in total. The highest BCUT2D eigenvalue weighted by Crippen LogP contribution is 2.38. The standard InChI is InChI=1S/C26H32F3N3O5/c1-4-19-22-20(12-25(15-30-23(22)33)7-9-36-10-8-25)32(31-19)13-16(2)14-37-24(34)17-5-6-21(35-3)18(11-17)26(27,28)29/h5-6,11,16H,4,7-10,12-15H2,1-3H3,(H,30,33)/t16-/m1/s1. The number of esters is 1. The van der Waals surface area contributed by atoms with E-state index in [9.17, 15) is 22.8 Å². The van der Waals surface area contributed by atoms with E-state index in [1.807, 2.05) is 18.5 Å². The average Bonchev–Trinajstić information content (AvgIpc) is 3.14. The summed E-state index contributed by atoms with van der Waals surface area (Å²) in [4.78, 5) is 25.5. The number of amides is 1. The third-order valence-corrected chi connectivity index (χ3v) is 7.14. The summed E-state index contributed by atoms with van der Waals surface area (Å²) in [6, 6.07) is 3.08. The van der Waals surface area contributed by atoms with Gasteiger partial charge in [-0.05, 0) is 49.3 Å². The summed E-state index contributed by atoms with van der Waals surface area (Å²) in [5.41, 5.74) is 0.870. The molecule has 2 aliphatic heterocycles. The van der Waals surface area contributed by atoms with E-state index in [1.54, 1.807) is 0 Å². The highest BCUT2D eigenvalue weighted by Gasteiger charge is 2.40. The molecule has 8 nitrogen and oxygen atoms in total. The fourth-order valence-electron chi connectivity index (χ4n) is 5.03. The smallest absolute Gasteiger partial charge is 0.419 e. The van der Waals surface area contributed by atoms with Gasteiger partial charge in [-0.1, -0.05) is 13.8 Å². The maximum absolute atomic E-state index is 13.3. The molecular weight excluding hydrogens is 491 g/mol. The molecule has 1 aromatic heterocycles. The molecule has 0 bridgehead atoms. The minimum Gasteiger partial charge on any atom is -0.496 e. The van der Waals surface area contributed by atoms with Crippen LogP contribution < -0.4 is 10.1 Å². The van der Waals surface area contributed by atoms with Crippen LogP contribution in [0.1, 0.15) is 64.4 Å². The molecule has 2 aliphatic rings. The van der Waals surface area contributed by atoms with Crippen molar-refractivity contribution in [1.82, 2.24) is 15.1 Å². The Hall–Kier alpha value is -3.08. The van der Waals surface area contributed by atoms with Crippen molar-refractivity contribution in [3.8, 4) is 5.75 Å². The molecule has 1 amide bonds. The number of halogens is 3. The number of methoxy groups -OCH3 is 1. The lowest BCUT2D eigenvalue weighted by Gasteiger charge is -2.36. The van der Waals surface area contributed by atoms with E-state index in [4.69, 9.17) is 19.3 Å². The first-order valence-electron chi connectivity index (χ1n) is 12.4. The fraction of sp³-hybridized carbons (Fsp3) is 0.577. The van der Waals surface area contributed by atoms with Gasteiger partial charge in [0.1, 0.15) is 5.75 Å². The van der Waals surface area contributed by atoms with Gasteiger partial charge in [0.05, 0.1) is 41.8 Å². The van der Waals surface area contributed by atoms with Gasteiger partial charge in [0.25, 0.3) is 5.91 Å². The first-order valence-corrected chi connectivity index (χ1v) is 12.4. The predicted molar refractivity (Wildman–Crippen MR) is 128 cm³/mol. The molecule has 0 radical (unpaired) electrons. The molecule has 1 fully saturated rings. The Balaban J connectivity index is 1.48. The van der Waals surface area contributed by atoms with Crippen molar-refractivity contribution in [2.75, 3.05) is 33.5 Å². The van der Waals surface area contributed by atoms with Crippen LogP contribution in [0.5, 0.6) is 5.75 Å². The fourth-order valence-corrected chi connectivity index (χ4v) is 5.03. The van der Waals surface area contributed by atoms with E-state index < -0.39 is 17.7 Å². The summed E-state index contributed by atoms with van der Waals surface area (Å²) < 4.78 is 57.5. The van der Waals surface area contributed by atoms with Gasteiger partial charge in [0, 0.05) is 32.2 Å². The molecule has 0 saturated carbocycles. The number of aryl methyl sites for hydroxylation is 1. The van der Waals surface area contributed by atoms with Crippen molar-refractivity contribution < 1.29 is 37.0 Å². The van der Waals surface area contributed by atoms with Gasteiger partial charge in [0.2, 0.25) is 0 Å². The third kappa shape index (κ3) is 5.76. The van der Waals surface area contributed by atoms with Gasteiger partial charge in [0.15, 0.2) is 0 Å². The van der Waals surface area contributed by atoms with Crippen molar-refractivity contribution in [3.63, 3.8) is 0 Å². The van der Waals surface area contributed by atoms with Crippen LogP contribution in [0.3, 0.4) is 0 Å². The molecule has 1 spiro atoms. The van der Waals surface area contributed by atoms with Crippen LogP contribution in [0, 0.1) is 11.3 Å². The molecule has 0 unspecified atom stereocenters. The van der Waals surface area contributed by atoms with E-state index in [2.05, 4.69) is 5.32 Å². The molecule has 2 aromatic rings. The number of aromatic nitrogens is 2. The normalized spacial score (nSPS) is 18.1. The lowest BCUT2D eigenvalue weighted by atomic mass is 9.76. The second-order valence-electron chi connectivity index (χ2n) is 9.89. The lowest BCUT2D eigenvalue weighted by molar-refractivity contribution is -0.138. The first-order chi connectivity index (χ1) is 17.6. The average molecular weight is 524 g/mol. The van der Waals surface area contributed by atoms with E-state index in [1.165, 1.54) is 6.07 Å². The Kier molecular flexibility index (Phi) is 7.82. The summed E-state index contributed by atoms with van der Waals surface area (Å²) in [7, 11) is 1.14. The summed E-state index contributed by atoms with van der Waals surface area (Å²) in [6.45, 7) is 6.07. The van der Waals surface area contributed by atoms with Gasteiger partial charge in [-0.25, -0.2) is 4.79 Å². The second kappa shape index (κ2) is 10.7. The number of nitrogens with one attached hydrogen (secondary N) is 1. The van der Waals surface area contributed by atoms with E-state index in [-0.39, 0.29) is 35.2 Å². The highest BCUT2D eigenvalue weighted by atomic mass is 19.4. The number of nitrogens with zero attached hydrogens (tertiary/aromatic N) is 2. The monoisotopic (exact) mass is 523 g/mol. The van der Waals surface area contributed by atoms with Gasteiger partial charge in [-0.3, -0.25) is 9.48 Å². The minimum atomic E-state index is -4.67. The number of hydrogen-bond acceptors (Lipinski definition) is 6. The number of benzene rings is 1. The van der Waals surface area contributed by atoms with Crippen molar-refractivity contribution >= 4 is 11.9 Å². The van der Waals surface area contributed by atoms with E-state index in [0.29, 0.717) is 44.7 Å². The maximum atomic E-state index is 13.3. The van der Waals surface area contributed by atoms with Crippen LogP contribution in [0.4, 0.5) is 13.2 Å². The molecule has 1 atom stereocenters. The molecule has 0 aliphatic carbocycles.